The Morgan fingerprint density at radius 1 is 1.13 bits per heavy atom. The van der Waals surface area contributed by atoms with Crippen LogP contribution in [0.3, 0.4) is 0 Å². The van der Waals surface area contributed by atoms with E-state index in [0.717, 1.165) is 22.9 Å². The fourth-order valence-corrected chi connectivity index (χ4v) is 2.79. The van der Waals surface area contributed by atoms with Crippen LogP contribution in [0.4, 0.5) is 18.9 Å². The SMILES string of the molecule is CC(NC(=O)c1ccc(=O)n(-c2ccccc2)n1)c1cc([N+](=O)[O-])cc(C(F)(F)F)c1. The van der Waals surface area contributed by atoms with Crippen LogP contribution in [0.5, 0.6) is 0 Å². The maximum absolute atomic E-state index is 13.1. The number of aromatic nitrogens is 2. The maximum Gasteiger partial charge on any atom is 0.416 e. The molecule has 0 aliphatic heterocycles. The topological polar surface area (TPSA) is 107 Å². The van der Waals surface area contributed by atoms with Crippen molar-refractivity contribution >= 4 is 11.6 Å². The first kappa shape index (κ1) is 21.7. The second-order valence-corrected chi connectivity index (χ2v) is 6.57. The first-order valence-corrected chi connectivity index (χ1v) is 8.89. The van der Waals surface area contributed by atoms with Gasteiger partial charge < -0.3 is 5.32 Å². The Labute approximate surface area is 173 Å². The smallest absolute Gasteiger partial charge is 0.344 e. The summed E-state index contributed by atoms with van der Waals surface area (Å²) in [6, 6.07) is 11.7. The molecular weight excluding hydrogens is 417 g/mol. The van der Waals surface area contributed by atoms with Gasteiger partial charge in [-0.1, -0.05) is 18.2 Å². The molecule has 0 saturated carbocycles. The number of para-hydroxylation sites is 1. The fraction of sp³-hybridized carbons (Fsp3) is 0.150. The van der Waals surface area contributed by atoms with Gasteiger partial charge in [-0.25, -0.2) is 0 Å². The molecular formula is C20H15F3N4O4. The summed E-state index contributed by atoms with van der Waals surface area (Å²) in [4.78, 5) is 34.7. The number of carbonyl (C=O) groups is 1. The third kappa shape index (κ3) is 4.94. The summed E-state index contributed by atoms with van der Waals surface area (Å²) in [7, 11) is 0. The number of nitrogens with zero attached hydrogens (tertiary/aromatic N) is 3. The summed E-state index contributed by atoms with van der Waals surface area (Å²) in [6.07, 6.45) is -4.79. The number of rotatable bonds is 5. The zero-order valence-electron chi connectivity index (χ0n) is 16.0. The largest absolute Gasteiger partial charge is 0.416 e. The summed E-state index contributed by atoms with van der Waals surface area (Å²) >= 11 is 0. The monoisotopic (exact) mass is 432 g/mol. The molecule has 1 heterocycles. The third-order valence-corrected chi connectivity index (χ3v) is 4.36. The number of halogens is 3. The molecule has 0 aliphatic rings. The summed E-state index contributed by atoms with van der Waals surface area (Å²) < 4.78 is 40.3. The van der Waals surface area contributed by atoms with Crippen LogP contribution in [-0.4, -0.2) is 20.6 Å². The van der Waals surface area contributed by atoms with Crippen molar-refractivity contribution in [3.63, 3.8) is 0 Å². The quantitative estimate of drug-likeness (QED) is 0.489. The molecule has 1 amide bonds. The molecule has 0 fully saturated rings. The number of nitrogens with one attached hydrogen (secondary N) is 1. The number of nitro benzene ring substituents is 1. The predicted molar refractivity (Wildman–Crippen MR) is 104 cm³/mol. The van der Waals surface area contributed by atoms with Gasteiger partial charge in [0.2, 0.25) is 0 Å². The summed E-state index contributed by atoms with van der Waals surface area (Å²) in [5, 5.41) is 17.5. The van der Waals surface area contributed by atoms with Crippen LogP contribution in [-0.2, 0) is 6.18 Å². The lowest BCUT2D eigenvalue weighted by Gasteiger charge is -2.16. The van der Waals surface area contributed by atoms with Gasteiger partial charge in [-0.15, -0.1) is 0 Å². The second-order valence-electron chi connectivity index (χ2n) is 6.57. The average Bonchev–Trinajstić information content (AvgIpc) is 2.73. The lowest BCUT2D eigenvalue weighted by molar-refractivity contribution is -0.385. The average molecular weight is 432 g/mol. The normalized spacial score (nSPS) is 12.3. The highest BCUT2D eigenvalue weighted by molar-refractivity contribution is 5.92. The first-order chi connectivity index (χ1) is 14.6. The number of hydrogen-bond acceptors (Lipinski definition) is 5. The Bertz CT molecular complexity index is 1190. The van der Waals surface area contributed by atoms with E-state index in [4.69, 9.17) is 0 Å². The molecule has 0 bridgehead atoms. The van der Waals surface area contributed by atoms with E-state index < -0.39 is 39.9 Å². The lowest BCUT2D eigenvalue weighted by Crippen LogP contribution is -2.30. The van der Waals surface area contributed by atoms with Crippen LogP contribution in [0.25, 0.3) is 5.69 Å². The van der Waals surface area contributed by atoms with E-state index in [1.807, 2.05) is 0 Å². The van der Waals surface area contributed by atoms with E-state index in [2.05, 4.69) is 10.4 Å². The highest BCUT2D eigenvalue weighted by Gasteiger charge is 2.33. The molecule has 11 heteroatoms. The summed E-state index contributed by atoms with van der Waals surface area (Å²) in [5.74, 6) is -0.766. The fourth-order valence-electron chi connectivity index (χ4n) is 2.79. The van der Waals surface area contributed by atoms with Crippen molar-refractivity contribution < 1.29 is 22.9 Å². The minimum atomic E-state index is -4.79. The molecule has 1 aromatic heterocycles. The number of hydrogen-bond donors (Lipinski definition) is 1. The molecule has 3 rings (SSSR count). The Hall–Kier alpha value is -4.02. The van der Waals surface area contributed by atoms with E-state index in [9.17, 15) is 32.9 Å². The minimum Gasteiger partial charge on any atom is -0.344 e. The van der Waals surface area contributed by atoms with Crippen LogP contribution in [0.2, 0.25) is 0 Å². The van der Waals surface area contributed by atoms with Crippen LogP contribution < -0.4 is 10.9 Å². The highest BCUT2D eigenvalue weighted by Crippen LogP contribution is 2.34. The highest BCUT2D eigenvalue weighted by atomic mass is 19.4. The summed E-state index contributed by atoms with van der Waals surface area (Å²) in [6.45, 7) is 1.38. The van der Waals surface area contributed by atoms with Gasteiger partial charge in [0.05, 0.1) is 22.2 Å². The van der Waals surface area contributed by atoms with Gasteiger partial charge in [-0.3, -0.25) is 19.7 Å². The zero-order valence-corrected chi connectivity index (χ0v) is 16.0. The molecule has 0 saturated heterocycles. The summed E-state index contributed by atoms with van der Waals surface area (Å²) in [5.41, 5.74) is -2.27. The van der Waals surface area contributed by atoms with Crippen molar-refractivity contribution in [3.8, 4) is 5.69 Å². The standard InChI is InChI=1S/C20H15F3N4O4/c1-12(13-9-14(20(21,22)23)11-16(10-13)27(30)31)24-19(29)17-7-8-18(28)26(25-17)15-5-3-2-4-6-15/h2-12H,1H3,(H,24,29). The van der Waals surface area contributed by atoms with Crippen LogP contribution in [0.1, 0.15) is 34.6 Å². The van der Waals surface area contributed by atoms with Gasteiger partial charge >= 0.3 is 6.18 Å². The Balaban J connectivity index is 1.90. The molecule has 1 atom stereocenters. The van der Waals surface area contributed by atoms with Crippen molar-refractivity contribution in [1.29, 1.82) is 0 Å². The molecule has 3 aromatic rings. The molecule has 8 nitrogen and oxygen atoms in total. The predicted octanol–water partition coefficient (Wildman–Crippen LogP) is 3.65. The van der Waals surface area contributed by atoms with Gasteiger partial charge in [-0.2, -0.15) is 23.0 Å². The number of alkyl halides is 3. The number of non-ortho nitro benzene ring substituents is 1. The molecule has 0 radical (unpaired) electrons. The minimum absolute atomic E-state index is 0.105. The van der Waals surface area contributed by atoms with Crippen molar-refractivity contribution in [2.24, 2.45) is 0 Å². The van der Waals surface area contributed by atoms with E-state index in [-0.39, 0.29) is 11.3 Å². The van der Waals surface area contributed by atoms with Crippen LogP contribution in [0, 0.1) is 10.1 Å². The molecule has 31 heavy (non-hydrogen) atoms. The molecule has 2 aromatic carbocycles. The van der Waals surface area contributed by atoms with Gasteiger partial charge in [-0.05, 0) is 36.8 Å². The van der Waals surface area contributed by atoms with E-state index in [0.29, 0.717) is 11.8 Å². The number of carbonyl (C=O) groups excluding carboxylic acids is 1. The molecule has 0 spiro atoms. The number of benzene rings is 2. The van der Waals surface area contributed by atoms with Crippen molar-refractivity contribution in [1.82, 2.24) is 15.1 Å². The lowest BCUT2D eigenvalue weighted by atomic mass is 10.0. The van der Waals surface area contributed by atoms with Gasteiger partial charge in [0.25, 0.3) is 17.2 Å². The first-order valence-electron chi connectivity index (χ1n) is 8.89. The molecule has 1 N–H and O–H groups in total. The maximum atomic E-state index is 13.1. The van der Waals surface area contributed by atoms with E-state index in [1.54, 1.807) is 30.3 Å². The number of amides is 1. The van der Waals surface area contributed by atoms with Gasteiger partial charge in [0.15, 0.2) is 0 Å². The van der Waals surface area contributed by atoms with Crippen molar-refractivity contribution in [2.45, 2.75) is 19.1 Å². The molecule has 1 unspecified atom stereocenters. The Morgan fingerprint density at radius 2 is 1.81 bits per heavy atom. The number of nitro groups is 1. The van der Waals surface area contributed by atoms with Crippen molar-refractivity contribution in [3.05, 3.63) is 98.0 Å². The van der Waals surface area contributed by atoms with Crippen LogP contribution in [0.15, 0.2) is 65.5 Å². The van der Waals surface area contributed by atoms with Gasteiger partial charge in [0, 0.05) is 18.2 Å². The molecule has 0 aliphatic carbocycles. The van der Waals surface area contributed by atoms with E-state index in [1.165, 1.54) is 13.0 Å². The van der Waals surface area contributed by atoms with Crippen LogP contribution >= 0.6 is 0 Å². The van der Waals surface area contributed by atoms with E-state index >= 15 is 0 Å². The Kier molecular flexibility index (Phi) is 5.86. The van der Waals surface area contributed by atoms with Gasteiger partial charge in [0.1, 0.15) is 5.69 Å². The second kappa shape index (κ2) is 8.38. The Morgan fingerprint density at radius 3 is 2.42 bits per heavy atom. The zero-order chi connectivity index (χ0) is 22.8. The van der Waals surface area contributed by atoms with Crippen molar-refractivity contribution in [2.75, 3.05) is 0 Å². The molecule has 160 valence electrons. The third-order valence-electron chi connectivity index (χ3n) is 4.36.